The molecule has 2 fully saturated rings. The number of hydrogen-bond donors (Lipinski definition) is 3. The van der Waals surface area contributed by atoms with Gasteiger partial charge in [0.05, 0.1) is 22.6 Å². The van der Waals surface area contributed by atoms with E-state index in [2.05, 4.69) is 21.1 Å². The Balaban J connectivity index is 1.32. The van der Waals surface area contributed by atoms with Gasteiger partial charge in [-0.1, -0.05) is 30.7 Å². The number of halogens is 1. The maximum absolute atomic E-state index is 13.0. The van der Waals surface area contributed by atoms with E-state index in [1.54, 1.807) is 19.1 Å². The fourth-order valence-electron chi connectivity index (χ4n) is 4.35. The molecule has 32 heavy (non-hydrogen) atoms. The van der Waals surface area contributed by atoms with Gasteiger partial charge >= 0.3 is 0 Å². The smallest absolute Gasteiger partial charge is 0.226 e. The average Bonchev–Trinajstić information content (AvgIpc) is 3.30. The molecule has 0 spiro atoms. The monoisotopic (exact) mass is 476 g/mol. The van der Waals surface area contributed by atoms with Crippen molar-refractivity contribution in [1.29, 1.82) is 0 Å². The molecule has 0 aliphatic carbocycles. The molecule has 2 aromatic carbocycles. The molecule has 2 unspecified atom stereocenters. The molecule has 7 nitrogen and oxygen atoms in total. The van der Waals surface area contributed by atoms with Crippen molar-refractivity contribution in [3.63, 3.8) is 0 Å². The van der Waals surface area contributed by atoms with Crippen LogP contribution in [0.2, 0.25) is 5.02 Å². The van der Waals surface area contributed by atoms with Gasteiger partial charge in [0.25, 0.3) is 0 Å². The highest BCUT2D eigenvalue weighted by Crippen LogP contribution is 2.27. The van der Waals surface area contributed by atoms with Crippen LogP contribution in [0.4, 0.5) is 5.69 Å². The topological polar surface area (TPSA) is 90.5 Å². The van der Waals surface area contributed by atoms with Crippen LogP contribution in [-0.2, 0) is 14.6 Å². The van der Waals surface area contributed by atoms with Crippen molar-refractivity contribution in [2.45, 2.75) is 36.7 Å². The molecular weight excluding hydrogens is 448 g/mol. The first-order chi connectivity index (χ1) is 15.4. The molecule has 9 heteroatoms. The van der Waals surface area contributed by atoms with Gasteiger partial charge in [-0.05, 0) is 54.8 Å². The van der Waals surface area contributed by atoms with Gasteiger partial charge in [-0.25, -0.2) is 13.8 Å². The van der Waals surface area contributed by atoms with Crippen LogP contribution in [0.15, 0.2) is 53.4 Å². The number of benzene rings is 2. The van der Waals surface area contributed by atoms with Gasteiger partial charge in [0.2, 0.25) is 5.91 Å². The number of carbonyl (C=O) groups excluding carboxylic acids is 1. The minimum absolute atomic E-state index is 0.0509. The molecule has 2 atom stereocenters. The minimum Gasteiger partial charge on any atom is -0.371 e. The van der Waals surface area contributed by atoms with Crippen molar-refractivity contribution < 1.29 is 13.2 Å². The molecule has 0 radical (unpaired) electrons. The number of piperidine rings is 1. The van der Waals surface area contributed by atoms with Gasteiger partial charge in [0, 0.05) is 36.4 Å². The Hall–Kier alpha value is -2.13. The Morgan fingerprint density at radius 1 is 1.09 bits per heavy atom. The first-order valence-electron chi connectivity index (χ1n) is 11.0. The Kier molecular flexibility index (Phi) is 7.05. The molecule has 0 saturated carbocycles. The van der Waals surface area contributed by atoms with E-state index in [1.807, 2.05) is 36.4 Å². The summed E-state index contributed by atoms with van der Waals surface area (Å²) in [6.07, 6.45) is 1.69. The third kappa shape index (κ3) is 5.09. The Morgan fingerprint density at radius 2 is 1.75 bits per heavy atom. The highest BCUT2D eigenvalue weighted by Gasteiger charge is 2.35. The predicted octanol–water partition coefficient (Wildman–Crippen LogP) is 2.68. The molecule has 4 rings (SSSR count). The van der Waals surface area contributed by atoms with Crippen LogP contribution in [0.3, 0.4) is 0 Å². The molecule has 0 bridgehead atoms. The van der Waals surface area contributed by atoms with Crippen molar-refractivity contribution in [2.75, 3.05) is 30.3 Å². The number of nitrogens with one attached hydrogen (secondary N) is 3. The van der Waals surface area contributed by atoms with Gasteiger partial charge in [0.1, 0.15) is 0 Å². The summed E-state index contributed by atoms with van der Waals surface area (Å²) in [6.45, 7) is 3.85. The van der Waals surface area contributed by atoms with Gasteiger partial charge in [-0.2, -0.15) is 0 Å². The predicted molar refractivity (Wildman–Crippen MR) is 126 cm³/mol. The fourth-order valence-corrected chi connectivity index (χ4v) is 5.36. The standard InChI is InChI=1S/C23H29ClN4O3S/c1-2-32(30,31)20-9-7-19(8-10-20)28-13-11-18(12-14-28)26-23(29)21-15-25-27-22(21)16-3-5-17(24)6-4-16/h3-10,18,21-22,25,27H,2,11-15H2,1H3,(H,26,29). The molecule has 2 heterocycles. The van der Waals surface area contributed by atoms with Gasteiger partial charge in [-0.15, -0.1) is 0 Å². The highest BCUT2D eigenvalue weighted by atomic mass is 35.5. The van der Waals surface area contributed by atoms with E-state index < -0.39 is 9.84 Å². The Bertz CT molecular complexity index is 1040. The van der Waals surface area contributed by atoms with E-state index >= 15 is 0 Å². The molecule has 1 amide bonds. The number of anilines is 1. The van der Waals surface area contributed by atoms with E-state index in [9.17, 15) is 13.2 Å². The molecular formula is C23H29ClN4O3S. The lowest BCUT2D eigenvalue weighted by Crippen LogP contribution is -2.47. The van der Waals surface area contributed by atoms with Crippen LogP contribution in [0, 0.1) is 5.92 Å². The van der Waals surface area contributed by atoms with Crippen LogP contribution in [0.25, 0.3) is 0 Å². The zero-order valence-electron chi connectivity index (χ0n) is 18.1. The Morgan fingerprint density at radius 3 is 2.38 bits per heavy atom. The molecule has 172 valence electrons. The molecule has 2 aromatic rings. The minimum atomic E-state index is -3.19. The van der Waals surface area contributed by atoms with E-state index in [4.69, 9.17) is 11.6 Å². The number of hydrazine groups is 1. The summed E-state index contributed by atoms with van der Waals surface area (Å²) in [4.78, 5) is 15.6. The second kappa shape index (κ2) is 9.79. The fraction of sp³-hybridized carbons (Fsp3) is 0.435. The number of rotatable bonds is 6. The number of hydrogen-bond acceptors (Lipinski definition) is 6. The third-order valence-corrected chi connectivity index (χ3v) is 8.33. The summed E-state index contributed by atoms with van der Waals surface area (Å²) < 4.78 is 24.0. The highest BCUT2D eigenvalue weighted by molar-refractivity contribution is 7.91. The van der Waals surface area contributed by atoms with Crippen LogP contribution < -0.4 is 21.1 Å². The lowest BCUT2D eigenvalue weighted by Gasteiger charge is -2.34. The van der Waals surface area contributed by atoms with Gasteiger partial charge in [0.15, 0.2) is 9.84 Å². The van der Waals surface area contributed by atoms with Crippen molar-refractivity contribution >= 4 is 33.0 Å². The molecule has 2 saturated heterocycles. The SMILES string of the molecule is CCS(=O)(=O)c1ccc(N2CCC(NC(=O)C3CNNC3c3ccc(Cl)cc3)CC2)cc1. The van der Waals surface area contributed by atoms with Crippen molar-refractivity contribution in [2.24, 2.45) is 5.92 Å². The quantitative estimate of drug-likeness (QED) is 0.594. The van der Waals surface area contributed by atoms with E-state index in [-0.39, 0.29) is 29.7 Å². The molecule has 2 aliphatic rings. The first kappa shape index (κ1) is 23.0. The maximum atomic E-state index is 13.0. The average molecular weight is 477 g/mol. The van der Waals surface area contributed by atoms with E-state index in [1.165, 1.54) is 0 Å². The van der Waals surface area contributed by atoms with Crippen LogP contribution in [-0.4, -0.2) is 45.8 Å². The van der Waals surface area contributed by atoms with E-state index in [0.717, 1.165) is 37.2 Å². The van der Waals surface area contributed by atoms with Crippen molar-refractivity contribution in [3.05, 3.63) is 59.1 Å². The van der Waals surface area contributed by atoms with Crippen LogP contribution >= 0.6 is 11.6 Å². The summed E-state index contributed by atoms with van der Waals surface area (Å²) in [6, 6.07) is 14.7. The van der Waals surface area contributed by atoms with E-state index in [0.29, 0.717) is 16.5 Å². The lowest BCUT2D eigenvalue weighted by molar-refractivity contribution is -0.125. The third-order valence-electron chi connectivity index (χ3n) is 6.33. The molecule has 2 aliphatic heterocycles. The molecule has 0 aromatic heterocycles. The largest absolute Gasteiger partial charge is 0.371 e. The van der Waals surface area contributed by atoms with Crippen molar-refractivity contribution in [1.82, 2.24) is 16.2 Å². The summed E-state index contributed by atoms with van der Waals surface area (Å²) >= 11 is 5.99. The maximum Gasteiger partial charge on any atom is 0.226 e. The van der Waals surface area contributed by atoms with Crippen LogP contribution in [0.1, 0.15) is 31.4 Å². The summed E-state index contributed by atoms with van der Waals surface area (Å²) in [5.74, 6) is -0.0418. The summed E-state index contributed by atoms with van der Waals surface area (Å²) in [5, 5.41) is 3.90. The normalized spacial score (nSPS) is 22.1. The van der Waals surface area contributed by atoms with Gasteiger partial charge < -0.3 is 10.2 Å². The van der Waals surface area contributed by atoms with Crippen LogP contribution in [0.5, 0.6) is 0 Å². The summed E-state index contributed by atoms with van der Waals surface area (Å²) in [7, 11) is -3.19. The zero-order valence-corrected chi connectivity index (χ0v) is 19.6. The Labute approximate surface area is 194 Å². The zero-order chi connectivity index (χ0) is 22.7. The second-order valence-corrected chi connectivity index (χ2v) is 11.0. The van der Waals surface area contributed by atoms with Gasteiger partial charge in [-0.3, -0.25) is 10.2 Å². The number of nitrogens with zero attached hydrogens (tertiary/aromatic N) is 1. The number of amides is 1. The number of carbonyl (C=O) groups is 1. The molecule has 3 N–H and O–H groups in total. The number of sulfone groups is 1. The first-order valence-corrected chi connectivity index (χ1v) is 13.0. The lowest BCUT2D eigenvalue weighted by atomic mass is 9.93. The second-order valence-electron chi connectivity index (χ2n) is 8.33. The van der Waals surface area contributed by atoms with Crippen molar-refractivity contribution in [3.8, 4) is 0 Å². The summed E-state index contributed by atoms with van der Waals surface area (Å²) in [5.41, 5.74) is 8.35.